The van der Waals surface area contributed by atoms with E-state index in [9.17, 15) is 24.5 Å². The molecule has 10 nitrogen and oxygen atoms in total. The Hall–Kier alpha value is -4.21. The first-order chi connectivity index (χ1) is 14.3. The Balaban J connectivity index is 1.88. The quantitative estimate of drug-likeness (QED) is 0.393. The predicted molar refractivity (Wildman–Crippen MR) is 107 cm³/mol. The molecule has 3 amide bonds. The number of nitrogens with zero attached hydrogens (tertiary/aromatic N) is 1. The first kappa shape index (κ1) is 20.5. The van der Waals surface area contributed by atoms with Crippen LogP contribution in [0.2, 0.25) is 0 Å². The molecule has 0 spiro atoms. The number of ether oxygens (including phenoxy) is 1. The fourth-order valence-corrected chi connectivity index (χ4v) is 3.04. The normalized spacial score (nSPS) is 15.7. The molecule has 10 heteroatoms. The van der Waals surface area contributed by atoms with Gasteiger partial charge in [0, 0.05) is 23.5 Å². The molecule has 1 unspecified atom stereocenters. The van der Waals surface area contributed by atoms with Gasteiger partial charge in [-0.1, -0.05) is 12.1 Å². The van der Waals surface area contributed by atoms with Crippen LogP contribution in [0.1, 0.15) is 28.9 Å². The van der Waals surface area contributed by atoms with Crippen LogP contribution < -0.4 is 16.0 Å². The van der Waals surface area contributed by atoms with Crippen molar-refractivity contribution in [1.82, 2.24) is 10.6 Å². The molecule has 30 heavy (non-hydrogen) atoms. The van der Waals surface area contributed by atoms with Crippen molar-refractivity contribution in [3.63, 3.8) is 0 Å². The van der Waals surface area contributed by atoms with Gasteiger partial charge in [-0.2, -0.15) is 0 Å². The summed E-state index contributed by atoms with van der Waals surface area (Å²) in [6.45, 7) is 1.60. The number of benzene rings is 2. The average molecular weight is 410 g/mol. The number of rotatable bonds is 5. The zero-order valence-electron chi connectivity index (χ0n) is 16.1. The second-order valence-electron chi connectivity index (χ2n) is 6.44. The van der Waals surface area contributed by atoms with E-state index in [1.807, 2.05) is 0 Å². The van der Waals surface area contributed by atoms with Crippen LogP contribution >= 0.6 is 0 Å². The average Bonchev–Trinajstić information content (AvgIpc) is 2.73. The van der Waals surface area contributed by atoms with Crippen LogP contribution in [0, 0.1) is 10.1 Å². The van der Waals surface area contributed by atoms with Crippen LogP contribution in [0.25, 0.3) is 0 Å². The highest BCUT2D eigenvalue weighted by molar-refractivity contribution is 6.06. The lowest BCUT2D eigenvalue weighted by atomic mass is 9.94. The molecule has 2 aromatic rings. The van der Waals surface area contributed by atoms with Gasteiger partial charge >= 0.3 is 12.0 Å². The molecule has 154 valence electrons. The van der Waals surface area contributed by atoms with E-state index in [2.05, 4.69) is 20.7 Å². The highest BCUT2D eigenvalue weighted by Crippen LogP contribution is 2.28. The minimum Gasteiger partial charge on any atom is -0.465 e. The second-order valence-corrected chi connectivity index (χ2v) is 6.44. The van der Waals surface area contributed by atoms with Crippen molar-refractivity contribution in [2.45, 2.75) is 13.0 Å². The molecule has 0 saturated heterocycles. The van der Waals surface area contributed by atoms with E-state index in [1.54, 1.807) is 19.1 Å². The standard InChI is InChI=1S/C20H18N4O6/c1-11-16(18(25)22-14-7-9-15(10-8-14)24(28)29)17(23-20(27)21-11)12-3-5-13(6-4-12)19(26)30-2/h3-10,17H,1-2H3,(H,22,25)(H2,21,23,27). The largest absolute Gasteiger partial charge is 0.465 e. The molecule has 2 aromatic carbocycles. The zero-order chi connectivity index (χ0) is 21.8. The van der Waals surface area contributed by atoms with Gasteiger partial charge in [0.2, 0.25) is 0 Å². The number of nitro groups is 1. The van der Waals surface area contributed by atoms with E-state index in [0.29, 0.717) is 22.5 Å². The van der Waals surface area contributed by atoms with Crippen molar-refractivity contribution >= 4 is 29.3 Å². The monoisotopic (exact) mass is 410 g/mol. The topological polar surface area (TPSA) is 140 Å². The smallest absolute Gasteiger partial charge is 0.337 e. The summed E-state index contributed by atoms with van der Waals surface area (Å²) in [6, 6.07) is 10.5. The second kappa shape index (κ2) is 8.43. The van der Waals surface area contributed by atoms with Gasteiger partial charge in [0.25, 0.3) is 11.6 Å². The SMILES string of the molecule is COC(=O)c1ccc(C2NC(=O)NC(C)=C2C(=O)Nc2ccc([N+](=O)[O-])cc2)cc1. The highest BCUT2D eigenvalue weighted by Gasteiger charge is 2.31. The number of nitro benzene ring substituents is 1. The number of hydrogen-bond donors (Lipinski definition) is 3. The van der Waals surface area contributed by atoms with Gasteiger partial charge in [-0.25, -0.2) is 9.59 Å². The Labute approximate surface area is 171 Å². The third-order valence-electron chi connectivity index (χ3n) is 4.51. The lowest BCUT2D eigenvalue weighted by Gasteiger charge is -2.28. The van der Waals surface area contributed by atoms with Crippen LogP contribution in [-0.2, 0) is 9.53 Å². The summed E-state index contributed by atoms with van der Waals surface area (Å²) in [4.78, 5) is 46.8. The maximum atomic E-state index is 12.9. The summed E-state index contributed by atoms with van der Waals surface area (Å²) in [5.41, 5.74) is 1.81. The van der Waals surface area contributed by atoms with E-state index < -0.39 is 28.9 Å². The molecule has 1 aliphatic rings. The van der Waals surface area contributed by atoms with Crippen LogP contribution in [-0.4, -0.2) is 29.9 Å². The molecule has 0 radical (unpaired) electrons. The Morgan fingerprint density at radius 2 is 1.73 bits per heavy atom. The van der Waals surface area contributed by atoms with E-state index in [4.69, 9.17) is 0 Å². The van der Waals surface area contributed by atoms with Gasteiger partial charge < -0.3 is 20.7 Å². The lowest BCUT2D eigenvalue weighted by molar-refractivity contribution is -0.384. The number of carbonyl (C=O) groups is 3. The molecule has 1 atom stereocenters. The number of hydrogen-bond acceptors (Lipinski definition) is 6. The van der Waals surface area contributed by atoms with Crippen molar-refractivity contribution in [3.05, 3.63) is 81.0 Å². The number of allylic oxidation sites excluding steroid dienone is 1. The molecule has 0 bridgehead atoms. The molecule has 0 fully saturated rings. The fraction of sp³-hybridized carbons (Fsp3) is 0.150. The Morgan fingerprint density at radius 3 is 2.30 bits per heavy atom. The van der Waals surface area contributed by atoms with Gasteiger partial charge in [0.05, 0.1) is 29.2 Å². The molecule has 1 heterocycles. The molecule has 3 rings (SSSR count). The first-order valence-electron chi connectivity index (χ1n) is 8.82. The van der Waals surface area contributed by atoms with Gasteiger partial charge in [-0.05, 0) is 36.8 Å². The van der Waals surface area contributed by atoms with E-state index in [1.165, 1.54) is 43.5 Å². The van der Waals surface area contributed by atoms with Crippen molar-refractivity contribution in [2.24, 2.45) is 0 Å². The summed E-state index contributed by atoms with van der Waals surface area (Å²) in [5, 5.41) is 18.7. The van der Waals surface area contributed by atoms with E-state index >= 15 is 0 Å². The van der Waals surface area contributed by atoms with Gasteiger partial charge in [-0.15, -0.1) is 0 Å². The van der Waals surface area contributed by atoms with Gasteiger partial charge in [-0.3, -0.25) is 14.9 Å². The minimum atomic E-state index is -0.761. The van der Waals surface area contributed by atoms with Crippen molar-refractivity contribution in [3.8, 4) is 0 Å². The molecule has 1 aliphatic heterocycles. The van der Waals surface area contributed by atoms with Crippen LogP contribution in [0.4, 0.5) is 16.2 Å². The summed E-state index contributed by atoms with van der Waals surface area (Å²) in [7, 11) is 1.27. The number of carbonyl (C=O) groups excluding carboxylic acids is 3. The summed E-state index contributed by atoms with van der Waals surface area (Å²) in [5.74, 6) is -0.991. The van der Waals surface area contributed by atoms with Crippen molar-refractivity contribution in [2.75, 3.05) is 12.4 Å². The van der Waals surface area contributed by atoms with Crippen LogP contribution in [0.3, 0.4) is 0 Å². The third-order valence-corrected chi connectivity index (χ3v) is 4.51. The van der Waals surface area contributed by atoms with E-state index in [-0.39, 0.29) is 11.3 Å². The predicted octanol–water partition coefficient (Wildman–Crippen LogP) is 2.65. The number of urea groups is 1. The molecule has 0 saturated carbocycles. The maximum absolute atomic E-state index is 12.9. The third kappa shape index (κ3) is 4.27. The Kier molecular flexibility index (Phi) is 5.77. The highest BCUT2D eigenvalue weighted by atomic mass is 16.6. The molecule has 3 N–H and O–H groups in total. The Morgan fingerprint density at radius 1 is 1.10 bits per heavy atom. The molecule has 0 aliphatic carbocycles. The number of amides is 3. The van der Waals surface area contributed by atoms with Crippen molar-refractivity contribution in [1.29, 1.82) is 0 Å². The van der Waals surface area contributed by atoms with Crippen LogP contribution in [0.5, 0.6) is 0 Å². The maximum Gasteiger partial charge on any atom is 0.337 e. The van der Waals surface area contributed by atoms with Crippen molar-refractivity contribution < 1.29 is 24.0 Å². The number of methoxy groups -OCH3 is 1. The zero-order valence-corrected chi connectivity index (χ0v) is 16.1. The van der Waals surface area contributed by atoms with Gasteiger partial charge in [0.15, 0.2) is 0 Å². The number of esters is 1. The Bertz CT molecular complexity index is 1040. The first-order valence-corrected chi connectivity index (χ1v) is 8.82. The number of non-ortho nitro benzene ring substituents is 1. The molecule has 0 aromatic heterocycles. The molecular formula is C20H18N4O6. The molecular weight excluding hydrogens is 392 g/mol. The number of anilines is 1. The van der Waals surface area contributed by atoms with E-state index in [0.717, 1.165) is 0 Å². The fourth-order valence-electron chi connectivity index (χ4n) is 3.04. The number of nitrogens with one attached hydrogen (secondary N) is 3. The minimum absolute atomic E-state index is 0.0986. The lowest BCUT2D eigenvalue weighted by Crippen LogP contribution is -2.45. The summed E-state index contributed by atoms with van der Waals surface area (Å²) < 4.78 is 4.67. The summed E-state index contributed by atoms with van der Waals surface area (Å²) >= 11 is 0. The van der Waals surface area contributed by atoms with Crippen LogP contribution in [0.15, 0.2) is 59.8 Å². The summed E-state index contributed by atoms with van der Waals surface area (Å²) in [6.07, 6.45) is 0. The van der Waals surface area contributed by atoms with Gasteiger partial charge in [0.1, 0.15) is 0 Å².